The van der Waals surface area contributed by atoms with E-state index in [0.29, 0.717) is 16.8 Å². The second-order valence-electron chi connectivity index (χ2n) is 3.41. The Morgan fingerprint density at radius 3 is 2.44 bits per heavy atom. The summed E-state index contributed by atoms with van der Waals surface area (Å²) in [7, 11) is 1.48. The second-order valence-corrected chi connectivity index (χ2v) is 3.85. The highest BCUT2D eigenvalue weighted by molar-refractivity contribution is 6.30. The van der Waals surface area contributed by atoms with Crippen molar-refractivity contribution in [3.63, 3.8) is 0 Å². The third-order valence-corrected chi connectivity index (χ3v) is 2.41. The van der Waals surface area contributed by atoms with Gasteiger partial charge in [0.25, 0.3) is 5.88 Å². The van der Waals surface area contributed by atoms with Gasteiger partial charge < -0.3 is 10.1 Å². The van der Waals surface area contributed by atoms with Crippen LogP contribution in [0.2, 0.25) is 5.02 Å². The number of benzene rings is 1. The molecule has 3 nitrogen and oxygen atoms in total. The Kier molecular flexibility index (Phi) is 3.62. The molecule has 94 valence electrons. The van der Waals surface area contributed by atoms with Crippen molar-refractivity contribution in [3.05, 3.63) is 47.0 Å². The lowest BCUT2D eigenvalue weighted by Crippen LogP contribution is -2.00. The first-order valence-electron chi connectivity index (χ1n) is 5.07. The zero-order chi connectivity index (χ0) is 13.1. The molecular formula is C12H9ClF2N2O. The SMILES string of the molecule is CNc1nc(Oc2ccc(Cl)cc2)c(F)cc1F. The molecule has 18 heavy (non-hydrogen) atoms. The van der Waals surface area contributed by atoms with Crippen molar-refractivity contribution in [2.24, 2.45) is 0 Å². The van der Waals surface area contributed by atoms with E-state index < -0.39 is 11.6 Å². The fourth-order valence-electron chi connectivity index (χ4n) is 1.31. The van der Waals surface area contributed by atoms with Crippen molar-refractivity contribution in [1.82, 2.24) is 4.98 Å². The van der Waals surface area contributed by atoms with E-state index in [2.05, 4.69) is 10.3 Å². The Bertz CT molecular complexity index is 561. The maximum Gasteiger partial charge on any atom is 0.258 e. The van der Waals surface area contributed by atoms with Crippen molar-refractivity contribution in [2.45, 2.75) is 0 Å². The molecule has 0 saturated heterocycles. The van der Waals surface area contributed by atoms with Gasteiger partial charge in [0.2, 0.25) is 0 Å². The van der Waals surface area contributed by atoms with Crippen molar-refractivity contribution in [3.8, 4) is 11.6 Å². The molecule has 1 aromatic carbocycles. The average molecular weight is 271 g/mol. The van der Waals surface area contributed by atoms with E-state index in [9.17, 15) is 8.78 Å². The fraction of sp³-hybridized carbons (Fsp3) is 0.0833. The number of hydrogen-bond acceptors (Lipinski definition) is 3. The van der Waals surface area contributed by atoms with Gasteiger partial charge in [-0.1, -0.05) is 11.6 Å². The summed E-state index contributed by atoms with van der Waals surface area (Å²) in [6.07, 6.45) is 0. The quantitative estimate of drug-likeness (QED) is 0.920. The van der Waals surface area contributed by atoms with Crippen molar-refractivity contribution in [2.75, 3.05) is 12.4 Å². The fourth-order valence-corrected chi connectivity index (χ4v) is 1.44. The molecule has 0 spiro atoms. The lowest BCUT2D eigenvalue weighted by atomic mass is 10.3. The molecule has 0 saturated carbocycles. The third kappa shape index (κ3) is 2.68. The summed E-state index contributed by atoms with van der Waals surface area (Å²) in [5.74, 6) is -1.68. The van der Waals surface area contributed by atoms with Crippen LogP contribution in [-0.2, 0) is 0 Å². The predicted octanol–water partition coefficient (Wildman–Crippen LogP) is 3.85. The number of halogens is 3. The van der Waals surface area contributed by atoms with Crippen LogP contribution in [0.1, 0.15) is 0 Å². The lowest BCUT2D eigenvalue weighted by Gasteiger charge is -2.08. The minimum absolute atomic E-state index is 0.0830. The smallest absolute Gasteiger partial charge is 0.258 e. The largest absolute Gasteiger partial charge is 0.436 e. The summed E-state index contributed by atoms with van der Waals surface area (Å²) in [5, 5.41) is 3.04. The standard InChI is InChI=1S/C12H9ClF2N2O/c1-16-11-9(14)6-10(15)12(17-11)18-8-4-2-7(13)3-5-8/h2-6H,1H3,(H,16,17). The number of nitrogens with zero attached hydrogens (tertiary/aromatic N) is 1. The van der Waals surface area contributed by atoms with Gasteiger partial charge in [0.05, 0.1) is 0 Å². The molecule has 0 bridgehead atoms. The van der Waals surface area contributed by atoms with E-state index >= 15 is 0 Å². The number of ether oxygens (including phenoxy) is 1. The number of aromatic nitrogens is 1. The van der Waals surface area contributed by atoms with E-state index in [-0.39, 0.29) is 11.7 Å². The zero-order valence-corrected chi connectivity index (χ0v) is 10.1. The molecule has 0 amide bonds. The molecule has 1 heterocycles. The number of pyridine rings is 1. The van der Waals surface area contributed by atoms with Crippen LogP contribution in [0.4, 0.5) is 14.6 Å². The molecule has 0 aliphatic rings. The van der Waals surface area contributed by atoms with E-state index in [1.165, 1.54) is 7.05 Å². The van der Waals surface area contributed by atoms with Gasteiger partial charge in [-0.3, -0.25) is 0 Å². The van der Waals surface area contributed by atoms with Crippen molar-refractivity contribution < 1.29 is 13.5 Å². The first-order valence-corrected chi connectivity index (χ1v) is 5.45. The molecule has 0 aliphatic carbocycles. The van der Waals surface area contributed by atoms with Gasteiger partial charge in [-0.25, -0.2) is 8.78 Å². The number of anilines is 1. The van der Waals surface area contributed by atoms with E-state index in [1.54, 1.807) is 24.3 Å². The second kappa shape index (κ2) is 5.18. The van der Waals surface area contributed by atoms with E-state index in [4.69, 9.17) is 16.3 Å². The normalized spacial score (nSPS) is 10.2. The van der Waals surface area contributed by atoms with Crippen LogP contribution in [-0.4, -0.2) is 12.0 Å². The Labute approximate surface area is 107 Å². The molecule has 0 atom stereocenters. The molecule has 0 fully saturated rings. The Hall–Kier alpha value is -1.88. The van der Waals surface area contributed by atoms with Crippen LogP contribution in [0, 0.1) is 11.6 Å². The summed E-state index contributed by atoms with van der Waals surface area (Å²) >= 11 is 5.71. The van der Waals surface area contributed by atoms with Crippen LogP contribution in [0.25, 0.3) is 0 Å². The zero-order valence-electron chi connectivity index (χ0n) is 9.38. The molecule has 1 N–H and O–H groups in total. The number of rotatable bonds is 3. The molecule has 0 radical (unpaired) electrons. The Morgan fingerprint density at radius 2 is 1.83 bits per heavy atom. The van der Waals surface area contributed by atoms with Crippen LogP contribution < -0.4 is 10.1 Å². The minimum atomic E-state index is -0.874. The van der Waals surface area contributed by atoms with Crippen LogP contribution in [0.3, 0.4) is 0 Å². The van der Waals surface area contributed by atoms with E-state index in [0.717, 1.165) is 0 Å². The molecule has 0 unspecified atom stereocenters. The highest BCUT2D eigenvalue weighted by Gasteiger charge is 2.12. The van der Waals surface area contributed by atoms with Gasteiger partial charge in [-0.05, 0) is 24.3 Å². The van der Waals surface area contributed by atoms with Crippen LogP contribution in [0.5, 0.6) is 11.6 Å². The van der Waals surface area contributed by atoms with E-state index in [1.807, 2.05) is 0 Å². The average Bonchev–Trinajstić information content (AvgIpc) is 2.35. The number of nitrogens with one attached hydrogen (secondary N) is 1. The highest BCUT2D eigenvalue weighted by Crippen LogP contribution is 2.26. The summed E-state index contributed by atoms with van der Waals surface area (Å²) in [6, 6.07) is 7.02. The first kappa shape index (κ1) is 12.6. The van der Waals surface area contributed by atoms with Crippen LogP contribution in [0.15, 0.2) is 30.3 Å². The summed E-state index contributed by atoms with van der Waals surface area (Å²) in [6.45, 7) is 0. The minimum Gasteiger partial charge on any atom is -0.436 e. The molecule has 6 heteroatoms. The molecule has 0 aliphatic heterocycles. The summed E-state index contributed by atoms with van der Waals surface area (Å²) in [5.41, 5.74) is 0. The van der Waals surface area contributed by atoms with Gasteiger partial charge in [0.1, 0.15) is 5.75 Å². The van der Waals surface area contributed by atoms with Gasteiger partial charge in [0.15, 0.2) is 17.5 Å². The van der Waals surface area contributed by atoms with Crippen LogP contribution >= 0.6 is 11.6 Å². The molecule has 2 rings (SSSR count). The van der Waals surface area contributed by atoms with Gasteiger partial charge in [0, 0.05) is 18.1 Å². The Balaban J connectivity index is 2.31. The maximum atomic E-state index is 13.5. The van der Waals surface area contributed by atoms with Gasteiger partial charge in [-0.2, -0.15) is 4.98 Å². The van der Waals surface area contributed by atoms with Gasteiger partial charge in [-0.15, -0.1) is 0 Å². The first-order chi connectivity index (χ1) is 8.60. The van der Waals surface area contributed by atoms with Crippen molar-refractivity contribution >= 4 is 17.4 Å². The molecular weight excluding hydrogens is 262 g/mol. The summed E-state index contributed by atoms with van der Waals surface area (Å²) in [4.78, 5) is 3.69. The molecule has 2 aromatic rings. The monoisotopic (exact) mass is 270 g/mol. The lowest BCUT2D eigenvalue weighted by molar-refractivity contribution is 0.418. The molecule has 1 aromatic heterocycles. The summed E-state index contributed by atoms with van der Waals surface area (Å²) < 4.78 is 31.8. The maximum absolute atomic E-state index is 13.5. The van der Waals surface area contributed by atoms with Crippen molar-refractivity contribution in [1.29, 1.82) is 0 Å². The third-order valence-electron chi connectivity index (χ3n) is 2.16. The number of hydrogen-bond donors (Lipinski definition) is 1. The Morgan fingerprint density at radius 1 is 1.17 bits per heavy atom. The predicted molar refractivity (Wildman–Crippen MR) is 65.2 cm³/mol. The topological polar surface area (TPSA) is 34.2 Å². The highest BCUT2D eigenvalue weighted by atomic mass is 35.5. The van der Waals surface area contributed by atoms with Gasteiger partial charge >= 0.3 is 0 Å².